The molecule has 5 rings (SSSR count). The quantitative estimate of drug-likeness (QED) is 0.848. The molecular weight excluding hydrogens is 296 g/mol. The molecule has 4 aliphatic rings. The van der Waals surface area contributed by atoms with Gasteiger partial charge in [-0.05, 0) is 62.0 Å². The fraction of sp³-hybridized carbons (Fsp3) is 0.588. The van der Waals surface area contributed by atoms with Crippen molar-refractivity contribution in [1.29, 1.82) is 0 Å². The van der Waals surface area contributed by atoms with Gasteiger partial charge in [-0.3, -0.25) is 9.59 Å². The van der Waals surface area contributed by atoms with Gasteiger partial charge >= 0.3 is 0 Å². The number of thioether (sulfide) groups is 1. The third kappa shape index (κ3) is 2.18. The van der Waals surface area contributed by atoms with E-state index >= 15 is 0 Å². The van der Waals surface area contributed by atoms with E-state index in [0.29, 0.717) is 23.0 Å². The number of aromatic nitrogens is 1. The number of Topliss-reactive ketones (excluding diaryl/α,β-unsaturated/α-hetero) is 1. The molecule has 2 atom stereocenters. The summed E-state index contributed by atoms with van der Waals surface area (Å²) in [6, 6.07) is 3.44. The predicted molar refractivity (Wildman–Crippen MR) is 84.5 cm³/mol. The van der Waals surface area contributed by atoms with Gasteiger partial charge in [0.05, 0.1) is 16.3 Å². The molecule has 4 bridgehead atoms. The highest BCUT2D eigenvalue weighted by atomic mass is 32.2. The number of rotatable bonds is 5. The van der Waals surface area contributed by atoms with Crippen molar-refractivity contribution in [3.8, 4) is 0 Å². The Balaban J connectivity index is 1.42. The molecule has 0 spiro atoms. The van der Waals surface area contributed by atoms with Gasteiger partial charge in [-0.15, -0.1) is 0 Å². The fourth-order valence-electron chi connectivity index (χ4n) is 5.15. The molecule has 0 aliphatic heterocycles. The minimum atomic E-state index is -0.474. The summed E-state index contributed by atoms with van der Waals surface area (Å²) in [6.45, 7) is 0. The van der Waals surface area contributed by atoms with Gasteiger partial charge in [0, 0.05) is 11.6 Å². The SMILES string of the molecule is NC(=O)c1ccc(SCC(=O)C23CC4CC(CC2C4)C3)nc1. The number of hydrogen-bond donors (Lipinski definition) is 1. The van der Waals surface area contributed by atoms with Crippen LogP contribution in [-0.4, -0.2) is 22.4 Å². The number of carbonyl (C=O) groups is 2. The number of nitrogens with zero attached hydrogens (tertiary/aromatic N) is 1. The van der Waals surface area contributed by atoms with Crippen molar-refractivity contribution in [2.75, 3.05) is 5.75 Å². The van der Waals surface area contributed by atoms with Crippen molar-refractivity contribution >= 4 is 23.5 Å². The van der Waals surface area contributed by atoms with Gasteiger partial charge in [-0.25, -0.2) is 4.98 Å². The van der Waals surface area contributed by atoms with Gasteiger partial charge in [0.15, 0.2) is 0 Å². The summed E-state index contributed by atoms with van der Waals surface area (Å²) in [4.78, 5) is 28.1. The van der Waals surface area contributed by atoms with E-state index in [9.17, 15) is 9.59 Å². The summed E-state index contributed by atoms with van der Waals surface area (Å²) >= 11 is 1.48. The van der Waals surface area contributed by atoms with E-state index in [2.05, 4.69) is 4.98 Å². The Morgan fingerprint density at radius 1 is 1.23 bits per heavy atom. The minimum Gasteiger partial charge on any atom is -0.366 e. The van der Waals surface area contributed by atoms with Crippen LogP contribution in [0.1, 0.15) is 42.5 Å². The van der Waals surface area contributed by atoms with Crippen LogP contribution in [0.4, 0.5) is 0 Å². The van der Waals surface area contributed by atoms with Crippen LogP contribution in [0.15, 0.2) is 23.4 Å². The summed E-state index contributed by atoms with van der Waals surface area (Å²) in [6.07, 6.45) is 7.64. The number of primary amides is 1. The Bertz CT molecular complexity index is 614. The Kier molecular flexibility index (Phi) is 3.29. The standard InChI is InChI=1S/C17H20N2O2S/c18-16(21)12-1-2-15(19-8-12)22-9-14(20)17-6-10-3-11(7-17)5-13(17)4-10/h1-2,8,10-11,13H,3-7,9H2,(H2,18,21). The van der Waals surface area contributed by atoms with Crippen LogP contribution < -0.4 is 5.73 Å². The maximum Gasteiger partial charge on any atom is 0.250 e. The van der Waals surface area contributed by atoms with Gasteiger partial charge < -0.3 is 5.73 Å². The van der Waals surface area contributed by atoms with E-state index in [1.807, 2.05) is 0 Å². The van der Waals surface area contributed by atoms with Crippen LogP contribution in [0.3, 0.4) is 0 Å². The Labute approximate surface area is 134 Å². The van der Waals surface area contributed by atoms with E-state index in [1.165, 1.54) is 37.2 Å². The third-order valence-corrected chi connectivity index (χ3v) is 6.86. The molecule has 1 aromatic heterocycles. The summed E-state index contributed by atoms with van der Waals surface area (Å²) < 4.78 is 0. The lowest BCUT2D eigenvalue weighted by Crippen LogP contribution is -2.34. The van der Waals surface area contributed by atoms with E-state index in [0.717, 1.165) is 29.7 Å². The normalized spacial score (nSPS) is 35.0. The van der Waals surface area contributed by atoms with E-state index in [4.69, 9.17) is 5.73 Å². The molecule has 4 aliphatic carbocycles. The molecule has 4 fully saturated rings. The molecule has 5 heteroatoms. The van der Waals surface area contributed by atoms with Gasteiger partial charge in [0.25, 0.3) is 0 Å². The van der Waals surface area contributed by atoms with Gasteiger partial charge in [0.2, 0.25) is 5.91 Å². The average Bonchev–Trinajstić information content (AvgIpc) is 2.91. The second-order valence-electron chi connectivity index (χ2n) is 7.16. The molecule has 1 amide bonds. The van der Waals surface area contributed by atoms with Crippen molar-refractivity contribution in [2.45, 2.75) is 37.1 Å². The van der Waals surface area contributed by atoms with Crippen LogP contribution >= 0.6 is 11.8 Å². The molecule has 4 saturated carbocycles. The summed E-state index contributed by atoms with van der Waals surface area (Å²) in [5.41, 5.74) is 5.60. The molecule has 22 heavy (non-hydrogen) atoms. The highest BCUT2D eigenvalue weighted by Gasteiger charge is 2.60. The second-order valence-corrected chi connectivity index (χ2v) is 8.16. The topological polar surface area (TPSA) is 73.1 Å². The van der Waals surface area contributed by atoms with Crippen LogP contribution in [-0.2, 0) is 4.79 Å². The third-order valence-electron chi connectivity index (χ3n) is 5.92. The second kappa shape index (κ2) is 5.08. The summed E-state index contributed by atoms with van der Waals surface area (Å²) in [5, 5.41) is 0.785. The highest BCUT2D eigenvalue weighted by molar-refractivity contribution is 7.99. The zero-order valence-electron chi connectivity index (χ0n) is 12.5. The van der Waals surface area contributed by atoms with Crippen LogP contribution in [0, 0.1) is 23.2 Å². The number of carbonyl (C=O) groups excluding carboxylic acids is 2. The number of nitrogens with two attached hydrogens (primary N) is 1. The van der Waals surface area contributed by atoms with E-state index in [1.54, 1.807) is 12.1 Å². The zero-order valence-corrected chi connectivity index (χ0v) is 13.3. The molecule has 1 heterocycles. The molecule has 2 unspecified atom stereocenters. The molecule has 116 valence electrons. The molecule has 1 aromatic rings. The largest absolute Gasteiger partial charge is 0.366 e. The van der Waals surface area contributed by atoms with Crippen LogP contribution in [0.25, 0.3) is 0 Å². The Hall–Kier alpha value is -1.36. The molecule has 2 N–H and O–H groups in total. The first-order valence-electron chi connectivity index (χ1n) is 7.99. The van der Waals surface area contributed by atoms with Gasteiger partial charge in [-0.2, -0.15) is 0 Å². The average molecular weight is 316 g/mol. The first-order valence-corrected chi connectivity index (χ1v) is 8.97. The number of amides is 1. The number of hydrogen-bond acceptors (Lipinski definition) is 4. The van der Waals surface area contributed by atoms with Crippen LogP contribution in [0.5, 0.6) is 0 Å². The lowest BCUT2D eigenvalue weighted by molar-refractivity contribution is -0.127. The van der Waals surface area contributed by atoms with E-state index in [-0.39, 0.29) is 5.41 Å². The van der Waals surface area contributed by atoms with Crippen molar-refractivity contribution < 1.29 is 9.59 Å². The zero-order chi connectivity index (χ0) is 15.3. The van der Waals surface area contributed by atoms with Crippen molar-refractivity contribution in [1.82, 2.24) is 4.98 Å². The van der Waals surface area contributed by atoms with Crippen molar-refractivity contribution in [2.24, 2.45) is 28.9 Å². The van der Waals surface area contributed by atoms with Gasteiger partial charge in [0.1, 0.15) is 5.78 Å². The monoisotopic (exact) mass is 316 g/mol. The molecule has 0 saturated heterocycles. The summed E-state index contributed by atoms with van der Waals surface area (Å²) in [7, 11) is 0. The first-order chi connectivity index (χ1) is 10.6. The Morgan fingerprint density at radius 2 is 1.95 bits per heavy atom. The molecule has 4 nitrogen and oxygen atoms in total. The first kappa shape index (κ1) is 14.2. The molecular formula is C17H20N2O2S. The highest BCUT2D eigenvalue weighted by Crippen LogP contribution is 2.65. The smallest absolute Gasteiger partial charge is 0.250 e. The maximum absolute atomic E-state index is 12.8. The fourth-order valence-corrected chi connectivity index (χ4v) is 6.00. The predicted octanol–water partition coefficient (Wildman–Crippen LogP) is 2.67. The van der Waals surface area contributed by atoms with Crippen molar-refractivity contribution in [3.05, 3.63) is 23.9 Å². The lowest BCUT2D eigenvalue weighted by atomic mass is 9.73. The lowest BCUT2D eigenvalue weighted by Gasteiger charge is -2.31. The number of pyridine rings is 1. The maximum atomic E-state index is 12.8. The minimum absolute atomic E-state index is 0.00620. The Morgan fingerprint density at radius 3 is 2.55 bits per heavy atom. The number of ketones is 1. The summed E-state index contributed by atoms with van der Waals surface area (Å²) in [5.74, 6) is 2.71. The molecule has 0 aromatic carbocycles. The van der Waals surface area contributed by atoms with Gasteiger partial charge in [-0.1, -0.05) is 11.8 Å². The van der Waals surface area contributed by atoms with Crippen molar-refractivity contribution in [3.63, 3.8) is 0 Å². The molecule has 0 radical (unpaired) electrons. The van der Waals surface area contributed by atoms with Crippen LogP contribution in [0.2, 0.25) is 0 Å². The van der Waals surface area contributed by atoms with E-state index < -0.39 is 5.91 Å².